The van der Waals surface area contributed by atoms with Crippen LogP contribution in [-0.4, -0.2) is 26.2 Å². The van der Waals surface area contributed by atoms with Gasteiger partial charge < -0.3 is 9.47 Å². The third-order valence-corrected chi connectivity index (χ3v) is 4.53. The van der Waals surface area contributed by atoms with Gasteiger partial charge in [-0.1, -0.05) is 48.5 Å². The highest BCUT2D eigenvalue weighted by atomic mass is 16.5. The fraction of sp³-hybridized carbons (Fsp3) is 0.263. The molecule has 0 fully saturated rings. The Morgan fingerprint density at radius 1 is 0.870 bits per heavy atom. The van der Waals surface area contributed by atoms with Gasteiger partial charge in [-0.15, -0.1) is 0 Å². The number of carbonyl (C=O) groups is 2. The molecule has 2 aromatic rings. The summed E-state index contributed by atoms with van der Waals surface area (Å²) in [4.78, 5) is 24.5. The summed E-state index contributed by atoms with van der Waals surface area (Å²) >= 11 is 0. The highest BCUT2D eigenvalue weighted by Crippen LogP contribution is 2.51. The lowest BCUT2D eigenvalue weighted by Gasteiger charge is -2.28. The van der Waals surface area contributed by atoms with E-state index in [2.05, 4.69) is 0 Å². The molecule has 0 aromatic heterocycles. The van der Waals surface area contributed by atoms with Crippen LogP contribution in [0.5, 0.6) is 0 Å². The molecular formula is C19H18O4. The van der Waals surface area contributed by atoms with Crippen LogP contribution in [0.15, 0.2) is 48.5 Å². The van der Waals surface area contributed by atoms with Gasteiger partial charge in [0.05, 0.1) is 14.2 Å². The highest BCUT2D eigenvalue weighted by molar-refractivity contribution is 5.98. The zero-order chi connectivity index (χ0) is 16.4. The standard InChI is InChI=1S/C19H18O4/c1-22-17(20)11-12-19(18(21)23-2)15-9-5-3-7-13(15)14-8-4-6-10-16(14)19/h3-10H,11-12H2,1-2H3. The van der Waals surface area contributed by atoms with Crippen molar-refractivity contribution < 1.29 is 19.1 Å². The number of esters is 2. The quantitative estimate of drug-likeness (QED) is 0.814. The molecule has 3 rings (SSSR count). The van der Waals surface area contributed by atoms with E-state index in [0.717, 1.165) is 22.3 Å². The lowest BCUT2D eigenvalue weighted by molar-refractivity contribution is -0.147. The number of hydrogen-bond donors (Lipinski definition) is 0. The molecule has 23 heavy (non-hydrogen) atoms. The fourth-order valence-electron chi connectivity index (χ4n) is 3.48. The summed E-state index contributed by atoms with van der Waals surface area (Å²) in [5.41, 5.74) is 2.83. The Balaban J connectivity index is 2.21. The van der Waals surface area contributed by atoms with Gasteiger partial charge in [0.2, 0.25) is 0 Å². The lowest BCUT2D eigenvalue weighted by Crippen LogP contribution is -2.37. The maximum absolute atomic E-state index is 12.8. The summed E-state index contributed by atoms with van der Waals surface area (Å²) in [5, 5.41) is 0. The lowest BCUT2D eigenvalue weighted by atomic mass is 9.74. The smallest absolute Gasteiger partial charge is 0.320 e. The van der Waals surface area contributed by atoms with E-state index in [9.17, 15) is 9.59 Å². The second kappa shape index (κ2) is 5.88. The van der Waals surface area contributed by atoms with Gasteiger partial charge in [0.15, 0.2) is 0 Å². The molecule has 0 amide bonds. The molecule has 4 heteroatoms. The Kier molecular flexibility index (Phi) is 3.90. The maximum Gasteiger partial charge on any atom is 0.320 e. The van der Waals surface area contributed by atoms with Crippen LogP contribution in [0.25, 0.3) is 11.1 Å². The first-order valence-electron chi connectivity index (χ1n) is 7.49. The normalized spacial score (nSPS) is 13.8. The van der Waals surface area contributed by atoms with Crippen LogP contribution in [0.1, 0.15) is 24.0 Å². The molecule has 1 aliphatic rings. The molecule has 0 N–H and O–H groups in total. The van der Waals surface area contributed by atoms with Gasteiger partial charge in [0.25, 0.3) is 0 Å². The molecule has 0 saturated carbocycles. The van der Waals surface area contributed by atoms with Crippen molar-refractivity contribution in [2.24, 2.45) is 0 Å². The first-order valence-corrected chi connectivity index (χ1v) is 7.49. The molecule has 0 radical (unpaired) electrons. The highest BCUT2D eigenvalue weighted by Gasteiger charge is 2.49. The van der Waals surface area contributed by atoms with E-state index in [0.29, 0.717) is 6.42 Å². The minimum Gasteiger partial charge on any atom is -0.469 e. The van der Waals surface area contributed by atoms with Gasteiger partial charge in [0, 0.05) is 6.42 Å². The van der Waals surface area contributed by atoms with Gasteiger partial charge in [-0.05, 0) is 28.7 Å². The topological polar surface area (TPSA) is 52.6 Å². The Bertz CT molecular complexity index is 718. The molecule has 2 aromatic carbocycles. The van der Waals surface area contributed by atoms with Gasteiger partial charge in [-0.25, -0.2) is 0 Å². The fourth-order valence-corrected chi connectivity index (χ4v) is 3.48. The largest absolute Gasteiger partial charge is 0.469 e. The molecule has 0 heterocycles. The number of benzene rings is 2. The predicted molar refractivity (Wildman–Crippen MR) is 85.9 cm³/mol. The summed E-state index contributed by atoms with van der Waals surface area (Å²) in [6.07, 6.45) is 0.467. The van der Waals surface area contributed by atoms with Crippen LogP contribution in [0, 0.1) is 0 Å². The van der Waals surface area contributed by atoms with Crippen LogP contribution < -0.4 is 0 Å². The number of carbonyl (C=O) groups excluding carboxylic acids is 2. The monoisotopic (exact) mass is 310 g/mol. The Hall–Kier alpha value is -2.62. The van der Waals surface area contributed by atoms with Gasteiger partial charge in [0.1, 0.15) is 5.41 Å². The summed E-state index contributed by atoms with van der Waals surface area (Å²) < 4.78 is 9.88. The van der Waals surface area contributed by atoms with Crippen molar-refractivity contribution in [1.29, 1.82) is 0 Å². The van der Waals surface area contributed by atoms with E-state index < -0.39 is 5.41 Å². The summed E-state index contributed by atoms with van der Waals surface area (Å²) in [7, 11) is 2.73. The predicted octanol–water partition coefficient (Wildman–Crippen LogP) is 3.08. The number of hydrogen-bond acceptors (Lipinski definition) is 4. The summed E-state index contributed by atoms with van der Waals surface area (Å²) in [6, 6.07) is 15.6. The van der Waals surface area contributed by atoms with Crippen molar-refractivity contribution in [2.75, 3.05) is 14.2 Å². The second-order valence-corrected chi connectivity index (χ2v) is 5.56. The van der Waals surface area contributed by atoms with Crippen LogP contribution in [0.4, 0.5) is 0 Å². The SMILES string of the molecule is COC(=O)CCC1(C(=O)OC)c2ccccc2-c2ccccc21. The third-order valence-electron chi connectivity index (χ3n) is 4.53. The minimum absolute atomic E-state index is 0.147. The average molecular weight is 310 g/mol. The zero-order valence-electron chi connectivity index (χ0n) is 13.2. The van der Waals surface area contributed by atoms with Crippen molar-refractivity contribution >= 4 is 11.9 Å². The van der Waals surface area contributed by atoms with E-state index in [4.69, 9.17) is 9.47 Å². The first kappa shape index (κ1) is 15.3. The van der Waals surface area contributed by atoms with E-state index in [1.165, 1.54) is 14.2 Å². The summed E-state index contributed by atoms with van der Waals surface area (Å²) in [6.45, 7) is 0. The molecule has 0 saturated heterocycles. The van der Waals surface area contributed by atoms with Crippen LogP contribution in [0.2, 0.25) is 0 Å². The van der Waals surface area contributed by atoms with Crippen molar-refractivity contribution in [1.82, 2.24) is 0 Å². The van der Waals surface area contributed by atoms with Crippen molar-refractivity contribution in [3.05, 3.63) is 59.7 Å². The zero-order valence-corrected chi connectivity index (χ0v) is 13.2. The number of methoxy groups -OCH3 is 2. The van der Waals surface area contributed by atoms with Gasteiger partial charge in [-0.3, -0.25) is 9.59 Å². The van der Waals surface area contributed by atoms with E-state index in [-0.39, 0.29) is 18.4 Å². The molecular weight excluding hydrogens is 292 g/mol. The van der Waals surface area contributed by atoms with E-state index in [1.807, 2.05) is 48.5 Å². The molecule has 0 atom stereocenters. The molecule has 0 unspecified atom stereocenters. The van der Waals surface area contributed by atoms with Crippen LogP contribution in [0.3, 0.4) is 0 Å². The van der Waals surface area contributed by atoms with Crippen molar-refractivity contribution in [3.8, 4) is 11.1 Å². The minimum atomic E-state index is -0.962. The van der Waals surface area contributed by atoms with Crippen molar-refractivity contribution in [3.63, 3.8) is 0 Å². The van der Waals surface area contributed by atoms with Gasteiger partial charge in [-0.2, -0.15) is 0 Å². The number of rotatable bonds is 4. The van der Waals surface area contributed by atoms with E-state index >= 15 is 0 Å². The van der Waals surface area contributed by atoms with Crippen LogP contribution in [-0.2, 0) is 24.5 Å². The Morgan fingerprint density at radius 2 is 1.39 bits per heavy atom. The maximum atomic E-state index is 12.8. The molecule has 118 valence electrons. The molecule has 1 aliphatic carbocycles. The molecule has 0 aliphatic heterocycles. The Labute approximate surface area is 135 Å². The number of ether oxygens (including phenoxy) is 2. The molecule has 0 spiro atoms. The molecule has 0 bridgehead atoms. The van der Waals surface area contributed by atoms with Crippen LogP contribution >= 0.6 is 0 Å². The van der Waals surface area contributed by atoms with Gasteiger partial charge >= 0.3 is 11.9 Å². The average Bonchev–Trinajstić information content (AvgIpc) is 2.90. The Morgan fingerprint density at radius 3 is 1.87 bits per heavy atom. The second-order valence-electron chi connectivity index (χ2n) is 5.56. The van der Waals surface area contributed by atoms with Crippen molar-refractivity contribution in [2.45, 2.75) is 18.3 Å². The van der Waals surface area contributed by atoms with E-state index in [1.54, 1.807) is 0 Å². The third kappa shape index (κ3) is 2.22. The first-order chi connectivity index (χ1) is 11.1. The molecule has 4 nitrogen and oxygen atoms in total. The summed E-state index contributed by atoms with van der Waals surface area (Å²) in [5.74, 6) is -0.686. The number of fused-ring (bicyclic) bond motifs is 3.